The fourth-order valence-corrected chi connectivity index (χ4v) is 7.05. The molecule has 0 radical (unpaired) electrons. The number of likely N-dealkylation sites (N-methyl/N-ethyl adjacent to an activating group) is 1. The number of benzene rings is 1. The second-order valence-corrected chi connectivity index (χ2v) is 14.4. The Morgan fingerprint density at radius 3 is 2.62 bits per heavy atom. The van der Waals surface area contributed by atoms with Crippen molar-refractivity contribution in [1.82, 2.24) is 25.1 Å². The van der Waals surface area contributed by atoms with Crippen molar-refractivity contribution in [3.05, 3.63) is 58.6 Å². The number of amides is 2. The number of hydrogen-bond acceptors (Lipinski definition) is 16. The molecule has 0 unspecified atom stereocenters. The first-order chi connectivity index (χ1) is 24.5. The number of aliphatic carboxylic acids is 2. The first-order valence-corrected chi connectivity index (χ1v) is 17.5. The van der Waals surface area contributed by atoms with Crippen LogP contribution in [0.5, 0.6) is 11.5 Å². The average molecular weight is 758 g/mol. The number of carbonyl (C=O) groups is 4. The molecular weight excluding hydrogens is 721 g/mol. The number of anilines is 3. The molecule has 0 aliphatic carbocycles. The number of phenols is 2. The van der Waals surface area contributed by atoms with Gasteiger partial charge in [0.1, 0.15) is 41.2 Å². The molecule has 0 saturated carbocycles. The van der Waals surface area contributed by atoms with E-state index in [0.717, 1.165) is 21.8 Å². The Labute approximate surface area is 304 Å². The number of aromatic nitrogens is 3. The van der Waals surface area contributed by atoms with Crippen molar-refractivity contribution in [1.29, 1.82) is 0 Å². The van der Waals surface area contributed by atoms with Crippen molar-refractivity contribution in [2.24, 2.45) is 5.16 Å². The normalized spacial score (nSPS) is 17.4. The third-order valence-electron chi connectivity index (χ3n) is 7.99. The number of carboxylic acids is 2. The Bertz CT molecular complexity index is 1970. The number of aromatic hydroxyl groups is 2. The predicted octanol–water partition coefficient (Wildman–Crippen LogP) is -0.0322. The van der Waals surface area contributed by atoms with E-state index in [-0.39, 0.29) is 46.1 Å². The second kappa shape index (κ2) is 15.3. The lowest BCUT2D eigenvalue weighted by Gasteiger charge is -2.49. The zero-order valence-corrected chi connectivity index (χ0v) is 29.8. The maximum Gasteiger partial charge on any atom is 0.352 e. The lowest BCUT2D eigenvalue weighted by Crippen LogP contribution is -2.71. The van der Waals surface area contributed by atoms with Gasteiger partial charge in [-0.05, 0) is 43.6 Å². The molecule has 52 heavy (non-hydrogen) atoms. The van der Waals surface area contributed by atoms with Gasteiger partial charge in [-0.1, -0.05) is 11.2 Å². The van der Waals surface area contributed by atoms with Crippen LogP contribution in [0.3, 0.4) is 0 Å². The van der Waals surface area contributed by atoms with E-state index < -0.39 is 46.5 Å². The summed E-state index contributed by atoms with van der Waals surface area (Å²) >= 11 is 2.26. The van der Waals surface area contributed by atoms with Crippen molar-refractivity contribution < 1.29 is 49.0 Å². The molecule has 3 aromatic rings. The zero-order chi connectivity index (χ0) is 37.9. The van der Waals surface area contributed by atoms with E-state index in [9.17, 15) is 39.6 Å². The topological polar surface area (TPSA) is 283 Å². The second-order valence-electron chi connectivity index (χ2n) is 12.4. The molecule has 2 aliphatic rings. The summed E-state index contributed by atoms with van der Waals surface area (Å²) in [5.41, 5.74) is 11.1. The molecule has 1 fully saturated rings. The van der Waals surface area contributed by atoms with Crippen LogP contribution in [-0.2, 0) is 37.1 Å². The Balaban J connectivity index is 1.25. The van der Waals surface area contributed by atoms with E-state index in [1.54, 1.807) is 16.8 Å². The van der Waals surface area contributed by atoms with Crippen LogP contribution in [0.15, 0.2) is 52.5 Å². The van der Waals surface area contributed by atoms with Crippen LogP contribution < -0.4 is 26.7 Å². The van der Waals surface area contributed by atoms with Gasteiger partial charge >= 0.3 is 11.9 Å². The van der Waals surface area contributed by atoms with Crippen LogP contribution >= 0.6 is 23.1 Å². The number of thioether (sulfide) groups is 1. The summed E-state index contributed by atoms with van der Waals surface area (Å²) in [5.74, 6) is -4.18. The number of nitrogens with one attached hydrogen (secondary N) is 2. The van der Waals surface area contributed by atoms with Crippen molar-refractivity contribution in [2.75, 3.05) is 42.7 Å². The number of nitrogens with zero attached hydrogens (tertiary/aromatic N) is 6. The highest BCUT2D eigenvalue weighted by Gasteiger charge is 2.54. The molecule has 2 aliphatic heterocycles. The van der Waals surface area contributed by atoms with Gasteiger partial charge < -0.3 is 52.3 Å². The standard InChI is InChI=1S/C31H36N10O9S2/c1-31(2,29(48)49)50-38-21(18-13-52-30(33)36-18)25(44)37-22-26(45)41-23(28(46)47)16(12-51-27(22)41)10-40-11-17(24(32)35-14-40)34-6-7-39(3)9-15-4-5-19(42)20(43)8-15/h4-5,8,11,13-14,22,27,32,34H,6-7,9-10,12H2,1-3H3,(H7,33,36,37,38,42,43,44,46,47,48,49)/p+1/t22-,27-/m1/s1. The summed E-state index contributed by atoms with van der Waals surface area (Å²) in [6.07, 6.45) is 3.14. The number of rotatable bonds is 15. The van der Waals surface area contributed by atoms with Gasteiger partial charge in [-0.25, -0.2) is 19.1 Å². The SMILES string of the molecule is CN(CCNc1c[n+](CC2=C(C(=O)O)N3C(=O)[C@@H](NC(=O)/C(=N\OC(C)(C)C(=O)O)c4csc(N)n4)[C@H]3SC2)cnc1N)Cc1ccc(O)c(O)c1. The van der Waals surface area contributed by atoms with E-state index in [2.05, 4.69) is 25.8 Å². The van der Waals surface area contributed by atoms with Gasteiger partial charge in [0, 0.05) is 36.3 Å². The van der Waals surface area contributed by atoms with Gasteiger partial charge in [-0.3, -0.25) is 14.5 Å². The largest absolute Gasteiger partial charge is 0.504 e. The molecule has 1 saturated heterocycles. The van der Waals surface area contributed by atoms with Gasteiger partial charge in [0.15, 0.2) is 22.3 Å². The number of β-lactam (4-membered cyclic amide) rings is 1. The highest BCUT2D eigenvalue weighted by Crippen LogP contribution is 2.40. The van der Waals surface area contributed by atoms with Crippen LogP contribution in [0.1, 0.15) is 25.1 Å². The molecular formula is C31H37N10O9S2+. The van der Waals surface area contributed by atoms with Crippen LogP contribution in [0, 0.1) is 0 Å². The molecule has 2 aromatic heterocycles. The predicted molar refractivity (Wildman–Crippen MR) is 189 cm³/mol. The summed E-state index contributed by atoms with van der Waals surface area (Å²) in [7, 11) is 1.89. The Morgan fingerprint density at radius 2 is 1.96 bits per heavy atom. The van der Waals surface area contributed by atoms with E-state index in [1.807, 2.05) is 11.9 Å². The monoisotopic (exact) mass is 757 g/mol. The van der Waals surface area contributed by atoms with E-state index >= 15 is 0 Å². The van der Waals surface area contributed by atoms with Gasteiger partial charge in [0.2, 0.25) is 5.60 Å². The number of nitrogen functional groups attached to an aromatic ring is 2. The number of carbonyl (C=O) groups excluding carboxylic acids is 2. The highest BCUT2D eigenvalue weighted by molar-refractivity contribution is 8.00. The minimum Gasteiger partial charge on any atom is -0.504 e. The fourth-order valence-electron chi connectivity index (χ4n) is 5.17. The highest BCUT2D eigenvalue weighted by atomic mass is 32.2. The number of carboxylic acid groups (broad SMARTS) is 2. The molecule has 4 heterocycles. The smallest absolute Gasteiger partial charge is 0.352 e. The van der Waals surface area contributed by atoms with Gasteiger partial charge in [-0.2, -0.15) is 0 Å². The number of fused-ring (bicyclic) bond motifs is 1. The molecule has 10 N–H and O–H groups in total. The first-order valence-electron chi connectivity index (χ1n) is 15.5. The number of nitrogens with two attached hydrogens (primary N) is 2. The lowest BCUT2D eigenvalue weighted by molar-refractivity contribution is -0.691. The molecule has 21 heteroatoms. The van der Waals surface area contributed by atoms with Gasteiger partial charge in [0.05, 0.1) is 0 Å². The Kier molecular flexibility index (Phi) is 11.1. The molecule has 1 aromatic carbocycles. The molecule has 0 spiro atoms. The first kappa shape index (κ1) is 37.6. The number of thiazole rings is 1. The van der Waals surface area contributed by atoms with Crippen molar-refractivity contribution in [3.63, 3.8) is 0 Å². The van der Waals surface area contributed by atoms with Gasteiger partial charge in [0.25, 0.3) is 24.0 Å². The van der Waals surface area contributed by atoms with E-state index in [1.165, 1.54) is 49.4 Å². The van der Waals surface area contributed by atoms with Crippen molar-refractivity contribution in [2.45, 2.75) is 44.0 Å². The quantitative estimate of drug-likeness (QED) is 0.0332. The fraction of sp³-hybridized carbons (Fsp3) is 0.355. The van der Waals surface area contributed by atoms with Crippen LogP contribution in [0.4, 0.5) is 16.6 Å². The maximum absolute atomic E-state index is 13.4. The zero-order valence-electron chi connectivity index (χ0n) is 28.1. The minimum absolute atomic E-state index is 0.000221. The Morgan fingerprint density at radius 1 is 1.21 bits per heavy atom. The number of oxime groups is 1. The molecule has 2 atom stereocenters. The summed E-state index contributed by atoms with van der Waals surface area (Å²) in [6, 6.07) is 3.51. The van der Waals surface area contributed by atoms with E-state index in [4.69, 9.17) is 16.3 Å². The van der Waals surface area contributed by atoms with Crippen molar-refractivity contribution in [3.8, 4) is 11.5 Å². The molecule has 5 rings (SSSR count). The molecule has 276 valence electrons. The van der Waals surface area contributed by atoms with E-state index in [0.29, 0.717) is 30.9 Å². The summed E-state index contributed by atoms with van der Waals surface area (Å²) in [6.45, 7) is 4.11. The molecule has 19 nitrogen and oxygen atoms in total. The van der Waals surface area contributed by atoms with Crippen molar-refractivity contribution >= 4 is 69.2 Å². The molecule has 0 bridgehead atoms. The van der Waals surface area contributed by atoms with Crippen LogP contribution in [0.2, 0.25) is 0 Å². The summed E-state index contributed by atoms with van der Waals surface area (Å²) < 4.78 is 1.64. The van der Waals surface area contributed by atoms with Crippen LogP contribution in [-0.4, -0.2) is 113 Å². The summed E-state index contributed by atoms with van der Waals surface area (Å²) in [4.78, 5) is 67.2. The third-order valence-corrected chi connectivity index (χ3v) is 10.0. The number of hydrogen-bond donors (Lipinski definition) is 8. The maximum atomic E-state index is 13.4. The average Bonchev–Trinajstić information content (AvgIpc) is 3.51. The van der Waals surface area contributed by atoms with Gasteiger partial charge in [-0.15, -0.1) is 23.1 Å². The summed E-state index contributed by atoms with van der Waals surface area (Å²) in [5, 5.41) is 49.2. The minimum atomic E-state index is -1.79. The molecule has 2 amide bonds. The third kappa shape index (κ3) is 8.27. The lowest BCUT2D eigenvalue weighted by atomic mass is 10.0. The number of phenolic OH excluding ortho intramolecular Hbond substituents is 2. The Hall–Kier alpha value is -5.67. The van der Waals surface area contributed by atoms with Crippen LogP contribution in [0.25, 0.3) is 0 Å².